The second-order valence-corrected chi connectivity index (χ2v) is 7.68. The van der Waals surface area contributed by atoms with Crippen LogP contribution in [-0.4, -0.2) is 17.6 Å². The molecule has 0 bridgehead atoms. The van der Waals surface area contributed by atoms with Gasteiger partial charge >= 0.3 is 0 Å². The molecule has 0 saturated carbocycles. The Hall–Kier alpha value is -1.17. The van der Waals surface area contributed by atoms with Crippen LogP contribution in [0.2, 0.25) is 4.34 Å². The zero-order valence-electron chi connectivity index (χ0n) is 11.6. The average molecular weight is 399 g/mol. The summed E-state index contributed by atoms with van der Waals surface area (Å²) in [4.78, 5) is 18.2. The van der Waals surface area contributed by atoms with E-state index in [4.69, 9.17) is 16.4 Å². The molecule has 1 aromatic carbocycles. The van der Waals surface area contributed by atoms with E-state index >= 15 is 0 Å². The van der Waals surface area contributed by atoms with Crippen LogP contribution in [0.1, 0.15) is 34.5 Å². The number of benzene rings is 1. The van der Waals surface area contributed by atoms with Crippen molar-refractivity contribution in [3.05, 3.63) is 55.6 Å². The number of hydrogen-bond acceptors (Lipinski definition) is 4. The third kappa shape index (κ3) is 3.77. The molecule has 114 valence electrons. The first-order valence-electron chi connectivity index (χ1n) is 6.89. The molecule has 6 heteroatoms. The van der Waals surface area contributed by atoms with Gasteiger partial charge in [0.1, 0.15) is 6.10 Å². The third-order valence-corrected chi connectivity index (χ3v) is 5.20. The van der Waals surface area contributed by atoms with Crippen LogP contribution in [0.3, 0.4) is 0 Å². The quantitative estimate of drug-likeness (QED) is 0.639. The molecular weight excluding hydrogens is 386 g/mol. The van der Waals surface area contributed by atoms with Crippen molar-refractivity contribution in [3.63, 3.8) is 0 Å². The highest BCUT2D eigenvalue weighted by atomic mass is 79.9. The summed E-state index contributed by atoms with van der Waals surface area (Å²) in [6, 6.07) is 11.5. The molecule has 1 unspecified atom stereocenters. The largest absolute Gasteiger partial charge is 0.392 e. The van der Waals surface area contributed by atoms with Crippen LogP contribution in [0.4, 0.5) is 0 Å². The number of rotatable bonds is 5. The fourth-order valence-electron chi connectivity index (χ4n) is 2.30. The molecule has 0 fully saturated rings. The van der Waals surface area contributed by atoms with Crippen LogP contribution in [-0.2, 0) is 4.84 Å². The van der Waals surface area contributed by atoms with Crippen molar-refractivity contribution in [2.45, 2.75) is 25.4 Å². The summed E-state index contributed by atoms with van der Waals surface area (Å²) in [6.45, 7) is 0. The molecular formula is C16H13BrClNO2S. The number of carbonyl (C=O) groups excluding carboxylic acids is 1. The highest BCUT2D eigenvalue weighted by Crippen LogP contribution is 2.25. The monoisotopic (exact) mass is 397 g/mol. The Labute approximate surface area is 146 Å². The van der Waals surface area contributed by atoms with E-state index in [2.05, 4.69) is 21.1 Å². The van der Waals surface area contributed by atoms with Gasteiger partial charge in [-0.1, -0.05) is 44.8 Å². The minimum Gasteiger partial charge on any atom is -0.392 e. The van der Waals surface area contributed by atoms with E-state index in [0.717, 1.165) is 22.2 Å². The molecule has 0 spiro atoms. The molecule has 1 aromatic heterocycles. The second-order valence-electron chi connectivity index (χ2n) is 5.05. The van der Waals surface area contributed by atoms with Gasteiger partial charge in [-0.05, 0) is 30.7 Å². The van der Waals surface area contributed by atoms with Crippen molar-refractivity contribution in [2.24, 2.45) is 5.16 Å². The van der Waals surface area contributed by atoms with Crippen molar-refractivity contribution >= 4 is 50.4 Å². The highest BCUT2D eigenvalue weighted by molar-refractivity contribution is 9.10. The first-order valence-corrected chi connectivity index (χ1v) is 8.88. The highest BCUT2D eigenvalue weighted by Gasteiger charge is 2.23. The summed E-state index contributed by atoms with van der Waals surface area (Å²) >= 11 is 10.6. The lowest BCUT2D eigenvalue weighted by molar-refractivity contribution is 0.0720. The van der Waals surface area contributed by atoms with Crippen molar-refractivity contribution in [2.75, 3.05) is 0 Å². The van der Waals surface area contributed by atoms with E-state index in [0.29, 0.717) is 22.1 Å². The van der Waals surface area contributed by atoms with Crippen LogP contribution >= 0.6 is 38.9 Å². The molecule has 3 nitrogen and oxygen atoms in total. The Morgan fingerprint density at radius 1 is 1.41 bits per heavy atom. The number of nitrogens with zero attached hydrogens (tertiary/aromatic N) is 1. The van der Waals surface area contributed by atoms with Crippen LogP contribution < -0.4 is 0 Å². The van der Waals surface area contributed by atoms with Crippen molar-refractivity contribution in [3.8, 4) is 0 Å². The molecule has 2 heterocycles. The Balaban J connectivity index is 1.53. The first kappa shape index (κ1) is 15.7. The molecule has 22 heavy (non-hydrogen) atoms. The van der Waals surface area contributed by atoms with Crippen molar-refractivity contribution in [1.82, 2.24) is 0 Å². The summed E-state index contributed by atoms with van der Waals surface area (Å²) in [7, 11) is 0. The van der Waals surface area contributed by atoms with E-state index < -0.39 is 0 Å². The lowest BCUT2D eigenvalue weighted by Crippen LogP contribution is -2.11. The van der Waals surface area contributed by atoms with E-state index in [1.54, 1.807) is 12.1 Å². The number of carbonyl (C=O) groups is 1. The molecule has 0 saturated heterocycles. The van der Waals surface area contributed by atoms with Crippen molar-refractivity contribution in [1.29, 1.82) is 0 Å². The van der Waals surface area contributed by atoms with Crippen molar-refractivity contribution < 1.29 is 9.63 Å². The second kappa shape index (κ2) is 6.94. The maximum atomic E-state index is 12.1. The smallest absolute Gasteiger partial charge is 0.172 e. The van der Waals surface area contributed by atoms with E-state index in [1.807, 2.05) is 24.3 Å². The zero-order valence-corrected chi connectivity index (χ0v) is 14.7. The number of hydrogen-bond donors (Lipinski definition) is 0. The fourth-order valence-corrected chi connectivity index (χ4v) is 3.71. The molecule has 2 aromatic rings. The van der Waals surface area contributed by atoms with E-state index in [1.165, 1.54) is 11.3 Å². The topological polar surface area (TPSA) is 38.7 Å². The van der Waals surface area contributed by atoms with Gasteiger partial charge < -0.3 is 4.84 Å². The summed E-state index contributed by atoms with van der Waals surface area (Å²) in [5, 5.41) is 4.15. The Kier molecular flexibility index (Phi) is 4.96. The van der Waals surface area contributed by atoms with Crippen LogP contribution in [0.25, 0.3) is 0 Å². The van der Waals surface area contributed by atoms with Gasteiger partial charge in [-0.15, -0.1) is 11.3 Å². The number of thiophene rings is 1. The predicted octanol–water partition coefficient (Wildman–Crippen LogP) is 5.32. The van der Waals surface area contributed by atoms with Crippen LogP contribution in [0, 0.1) is 0 Å². The molecule has 1 atom stereocenters. The predicted molar refractivity (Wildman–Crippen MR) is 93.1 cm³/mol. The normalized spacial score (nSPS) is 17.2. The molecule has 3 rings (SSSR count). The SMILES string of the molecule is O=C(CCC1CC(c2cccc(Br)c2)=NO1)c1ccc(Cl)s1. The maximum absolute atomic E-state index is 12.1. The zero-order chi connectivity index (χ0) is 15.5. The first-order chi connectivity index (χ1) is 10.6. The van der Waals surface area contributed by atoms with E-state index in [9.17, 15) is 4.79 Å². The van der Waals surface area contributed by atoms with Gasteiger partial charge in [-0.3, -0.25) is 4.79 Å². The maximum Gasteiger partial charge on any atom is 0.172 e. The molecule has 1 aliphatic heterocycles. The van der Waals surface area contributed by atoms with Crippen LogP contribution in [0.15, 0.2) is 46.0 Å². The van der Waals surface area contributed by atoms with Gasteiger partial charge in [-0.25, -0.2) is 0 Å². The summed E-state index contributed by atoms with van der Waals surface area (Å²) in [5.41, 5.74) is 1.98. The van der Waals surface area contributed by atoms with E-state index in [-0.39, 0.29) is 11.9 Å². The molecule has 0 radical (unpaired) electrons. The van der Waals surface area contributed by atoms with Gasteiger partial charge in [0, 0.05) is 22.9 Å². The van der Waals surface area contributed by atoms with Gasteiger partial charge in [-0.2, -0.15) is 0 Å². The minimum absolute atomic E-state index is 0.0339. The minimum atomic E-state index is -0.0339. The third-order valence-electron chi connectivity index (χ3n) is 3.43. The number of ketones is 1. The molecule has 0 aliphatic carbocycles. The number of oxime groups is 1. The fraction of sp³-hybridized carbons (Fsp3) is 0.250. The number of Topliss-reactive ketones (excluding diaryl/α,β-unsaturated/α-hetero) is 1. The molecule has 0 N–H and O–H groups in total. The van der Waals surface area contributed by atoms with Gasteiger partial charge in [0.2, 0.25) is 0 Å². The Bertz CT molecular complexity index is 728. The molecule has 0 amide bonds. The summed E-state index contributed by atoms with van der Waals surface area (Å²) in [6.07, 6.45) is 1.81. The lowest BCUT2D eigenvalue weighted by Gasteiger charge is -2.06. The summed E-state index contributed by atoms with van der Waals surface area (Å²) < 4.78 is 1.65. The van der Waals surface area contributed by atoms with Gasteiger partial charge in [0.05, 0.1) is 14.9 Å². The molecule has 1 aliphatic rings. The standard InChI is InChI=1S/C16H13BrClNO2S/c17-11-3-1-2-10(8-11)13-9-12(21-19-13)4-5-14(20)15-6-7-16(18)22-15/h1-3,6-8,12H,4-5,9H2. The Morgan fingerprint density at radius 3 is 3.00 bits per heavy atom. The van der Waals surface area contributed by atoms with Crippen LogP contribution in [0.5, 0.6) is 0 Å². The summed E-state index contributed by atoms with van der Waals surface area (Å²) in [5.74, 6) is 0.108. The average Bonchev–Trinajstić information content (AvgIpc) is 3.14. The Morgan fingerprint density at radius 2 is 2.27 bits per heavy atom. The number of halogens is 2. The van der Waals surface area contributed by atoms with Gasteiger partial charge in [0.25, 0.3) is 0 Å². The van der Waals surface area contributed by atoms with Gasteiger partial charge in [0.15, 0.2) is 5.78 Å². The lowest BCUT2D eigenvalue weighted by atomic mass is 10.0.